The van der Waals surface area contributed by atoms with Crippen molar-refractivity contribution in [3.05, 3.63) is 28.6 Å². The van der Waals surface area contributed by atoms with Gasteiger partial charge < -0.3 is 20.1 Å². The van der Waals surface area contributed by atoms with Gasteiger partial charge in [0.2, 0.25) is 5.75 Å². The molecule has 0 saturated carbocycles. The van der Waals surface area contributed by atoms with E-state index in [2.05, 4.69) is 13.8 Å². The van der Waals surface area contributed by atoms with Gasteiger partial charge in [-0.2, -0.15) is 0 Å². The lowest BCUT2D eigenvalue weighted by atomic mass is 10.1. The van der Waals surface area contributed by atoms with E-state index < -0.39 is 0 Å². The molecule has 1 aromatic carbocycles. The van der Waals surface area contributed by atoms with E-state index in [0.29, 0.717) is 29.7 Å². The lowest BCUT2D eigenvalue weighted by molar-refractivity contribution is 0.283. The van der Waals surface area contributed by atoms with E-state index in [-0.39, 0.29) is 17.1 Å². The largest absolute Gasteiger partial charge is 0.504 e. The molecular weight excluding hydrogens is 352 g/mol. The van der Waals surface area contributed by atoms with Crippen molar-refractivity contribution < 1.29 is 9.84 Å². The third kappa shape index (κ3) is 5.91. The standard InChI is InChI=1S/C23H36N2O3/c1-3-5-7-9-10-12-16-28-22-21(26)19-14-13-18(24)17-20(19)25(23(22)27)15-11-8-6-4-2/h13-14,17,26H,3-12,15-16,24H2,1-2H3. The van der Waals surface area contributed by atoms with Gasteiger partial charge in [-0.15, -0.1) is 0 Å². The Kier molecular flexibility index (Phi) is 9.18. The minimum absolute atomic E-state index is 0.0707. The van der Waals surface area contributed by atoms with Crippen LogP contribution >= 0.6 is 0 Å². The summed E-state index contributed by atoms with van der Waals surface area (Å²) in [5.74, 6) is -0.00267. The zero-order valence-corrected chi connectivity index (χ0v) is 17.5. The molecule has 0 aliphatic heterocycles. The molecule has 1 aromatic heterocycles. The third-order valence-electron chi connectivity index (χ3n) is 5.20. The van der Waals surface area contributed by atoms with Crippen LogP contribution in [-0.4, -0.2) is 16.3 Å². The van der Waals surface area contributed by atoms with E-state index in [0.717, 1.165) is 38.5 Å². The van der Waals surface area contributed by atoms with Gasteiger partial charge in [-0.25, -0.2) is 0 Å². The highest BCUT2D eigenvalue weighted by Gasteiger charge is 2.17. The molecule has 0 saturated heterocycles. The van der Waals surface area contributed by atoms with E-state index in [1.807, 2.05) is 0 Å². The first-order valence-electron chi connectivity index (χ1n) is 10.9. The zero-order chi connectivity index (χ0) is 20.4. The first kappa shape index (κ1) is 22.1. The van der Waals surface area contributed by atoms with Crippen LogP contribution in [0, 0.1) is 0 Å². The Bertz CT molecular complexity index is 799. The molecule has 1 heterocycles. The van der Waals surface area contributed by atoms with Gasteiger partial charge in [-0.3, -0.25) is 4.79 Å². The molecule has 0 radical (unpaired) electrons. The van der Waals surface area contributed by atoms with E-state index >= 15 is 0 Å². The van der Waals surface area contributed by atoms with Crippen molar-refractivity contribution in [2.45, 2.75) is 84.6 Å². The first-order valence-corrected chi connectivity index (χ1v) is 10.9. The van der Waals surface area contributed by atoms with Gasteiger partial charge in [-0.1, -0.05) is 65.2 Å². The average Bonchev–Trinajstić information content (AvgIpc) is 2.68. The fourth-order valence-corrected chi connectivity index (χ4v) is 3.53. The molecule has 2 aromatic rings. The predicted octanol–water partition coefficient (Wildman–Crippen LogP) is 5.61. The highest BCUT2D eigenvalue weighted by Crippen LogP contribution is 2.32. The van der Waals surface area contributed by atoms with Crippen molar-refractivity contribution in [2.24, 2.45) is 0 Å². The van der Waals surface area contributed by atoms with E-state index in [4.69, 9.17) is 10.5 Å². The summed E-state index contributed by atoms with van der Waals surface area (Å²) in [7, 11) is 0. The molecule has 0 unspecified atom stereocenters. The van der Waals surface area contributed by atoms with Gasteiger partial charge >= 0.3 is 0 Å². The maximum atomic E-state index is 13.0. The second-order valence-electron chi connectivity index (χ2n) is 7.59. The Labute approximate surface area is 168 Å². The molecule has 28 heavy (non-hydrogen) atoms. The maximum Gasteiger partial charge on any atom is 0.297 e. The van der Waals surface area contributed by atoms with Gasteiger partial charge in [0.1, 0.15) is 0 Å². The summed E-state index contributed by atoms with van der Waals surface area (Å²) in [5.41, 5.74) is 6.91. The number of anilines is 1. The van der Waals surface area contributed by atoms with Crippen molar-refractivity contribution in [1.82, 2.24) is 4.57 Å². The highest BCUT2D eigenvalue weighted by atomic mass is 16.5. The molecule has 0 atom stereocenters. The van der Waals surface area contributed by atoms with Crippen LogP contribution in [0.5, 0.6) is 11.5 Å². The molecular formula is C23H36N2O3. The molecule has 0 spiro atoms. The molecule has 0 fully saturated rings. The molecule has 0 bridgehead atoms. The van der Waals surface area contributed by atoms with Crippen LogP contribution in [0.4, 0.5) is 5.69 Å². The number of ether oxygens (including phenoxy) is 1. The topological polar surface area (TPSA) is 77.5 Å². The summed E-state index contributed by atoms with van der Waals surface area (Å²) >= 11 is 0. The number of rotatable bonds is 13. The van der Waals surface area contributed by atoms with E-state index in [9.17, 15) is 9.90 Å². The fraction of sp³-hybridized carbons (Fsp3) is 0.609. The van der Waals surface area contributed by atoms with E-state index in [1.165, 1.54) is 25.7 Å². The fourth-order valence-electron chi connectivity index (χ4n) is 3.53. The summed E-state index contributed by atoms with van der Waals surface area (Å²) in [4.78, 5) is 13.0. The second-order valence-corrected chi connectivity index (χ2v) is 7.59. The molecule has 0 aliphatic rings. The normalized spacial score (nSPS) is 11.2. The number of nitrogen functional groups attached to an aromatic ring is 1. The van der Waals surface area contributed by atoms with Gasteiger partial charge in [0, 0.05) is 17.6 Å². The smallest absolute Gasteiger partial charge is 0.297 e. The van der Waals surface area contributed by atoms with Crippen LogP contribution in [-0.2, 0) is 6.54 Å². The number of pyridine rings is 1. The molecule has 2 rings (SSSR count). The van der Waals surface area contributed by atoms with Gasteiger partial charge in [-0.05, 0) is 31.0 Å². The number of aryl methyl sites for hydroxylation is 1. The van der Waals surface area contributed by atoms with Crippen molar-refractivity contribution in [3.63, 3.8) is 0 Å². The molecule has 0 amide bonds. The lowest BCUT2D eigenvalue weighted by Gasteiger charge is -2.16. The predicted molar refractivity (Wildman–Crippen MR) is 117 cm³/mol. The number of aromatic hydroxyl groups is 1. The number of benzene rings is 1. The van der Waals surface area contributed by atoms with Gasteiger partial charge in [0.25, 0.3) is 5.56 Å². The minimum atomic E-state index is -0.266. The Morgan fingerprint density at radius 1 is 0.964 bits per heavy atom. The summed E-state index contributed by atoms with van der Waals surface area (Å²) in [5, 5.41) is 11.3. The van der Waals surface area contributed by atoms with Crippen molar-refractivity contribution in [2.75, 3.05) is 12.3 Å². The van der Waals surface area contributed by atoms with Crippen LogP contribution in [0.15, 0.2) is 23.0 Å². The van der Waals surface area contributed by atoms with Crippen molar-refractivity contribution >= 4 is 16.6 Å². The average molecular weight is 389 g/mol. The number of hydrogen-bond acceptors (Lipinski definition) is 4. The first-order chi connectivity index (χ1) is 13.6. The SMILES string of the molecule is CCCCCCCCOc1c(O)c2ccc(N)cc2n(CCCCCC)c1=O. The Balaban J connectivity index is 2.18. The van der Waals surface area contributed by atoms with Crippen LogP contribution in [0.25, 0.3) is 10.9 Å². The number of nitrogens with zero attached hydrogens (tertiary/aromatic N) is 1. The molecule has 3 N–H and O–H groups in total. The summed E-state index contributed by atoms with van der Waals surface area (Å²) in [6.07, 6.45) is 11.2. The summed E-state index contributed by atoms with van der Waals surface area (Å²) in [6.45, 7) is 5.42. The molecule has 5 nitrogen and oxygen atoms in total. The van der Waals surface area contributed by atoms with Crippen LogP contribution in [0.2, 0.25) is 0 Å². The van der Waals surface area contributed by atoms with Crippen LogP contribution in [0.3, 0.4) is 0 Å². The Morgan fingerprint density at radius 2 is 1.61 bits per heavy atom. The minimum Gasteiger partial charge on any atom is -0.504 e. The molecule has 5 heteroatoms. The van der Waals surface area contributed by atoms with Gasteiger partial charge in [0.05, 0.1) is 12.1 Å². The van der Waals surface area contributed by atoms with Crippen molar-refractivity contribution in [1.29, 1.82) is 0 Å². The lowest BCUT2D eigenvalue weighted by Crippen LogP contribution is -2.23. The quantitative estimate of drug-likeness (QED) is 0.345. The Hall–Kier alpha value is -2.17. The van der Waals surface area contributed by atoms with Crippen LogP contribution < -0.4 is 16.0 Å². The molecule has 156 valence electrons. The van der Waals surface area contributed by atoms with E-state index in [1.54, 1.807) is 22.8 Å². The summed E-state index contributed by atoms with van der Waals surface area (Å²) < 4.78 is 7.47. The maximum absolute atomic E-state index is 13.0. The highest BCUT2D eigenvalue weighted by molar-refractivity contribution is 5.89. The van der Waals surface area contributed by atoms with Crippen LogP contribution in [0.1, 0.15) is 78.1 Å². The zero-order valence-electron chi connectivity index (χ0n) is 17.5. The third-order valence-corrected chi connectivity index (χ3v) is 5.20. The number of unbranched alkanes of at least 4 members (excludes halogenated alkanes) is 8. The number of hydrogen-bond donors (Lipinski definition) is 2. The monoisotopic (exact) mass is 388 g/mol. The Morgan fingerprint density at radius 3 is 2.32 bits per heavy atom. The second kappa shape index (κ2) is 11.6. The van der Waals surface area contributed by atoms with Gasteiger partial charge in [0.15, 0.2) is 5.75 Å². The molecule has 0 aliphatic carbocycles. The summed E-state index contributed by atoms with van der Waals surface area (Å²) in [6, 6.07) is 5.26. The van der Waals surface area contributed by atoms with Crippen molar-refractivity contribution in [3.8, 4) is 11.5 Å². The number of nitrogens with two attached hydrogens (primary N) is 1. The number of fused-ring (bicyclic) bond motifs is 1. The number of aromatic nitrogens is 1.